The van der Waals surface area contributed by atoms with Crippen molar-refractivity contribution in [2.45, 2.75) is 25.8 Å². The number of nitrogens with one attached hydrogen (secondary N) is 2. The highest BCUT2D eigenvalue weighted by molar-refractivity contribution is 5.94. The SMILES string of the molecule is CCCCNC(=O)NC(=O)C[NH2+][C@@H](c1ccccc1)c1ccco1. The molecule has 0 aliphatic heterocycles. The molecule has 4 N–H and O–H groups in total. The molecule has 0 aliphatic carbocycles. The molecule has 0 aliphatic rings. The second-order valence-electron chi connectivity index (χ2n) is 5.50. The zero-order valence-electron chi connectivity index (χ0n) is 13.8. The molecule has 0 radical (unpaired) electrons. The Morgan fingerprint density at radius 2 is 1.96 bits per heavy atom. The summed E-state index contributed by atoms with van der Waals surface area (Å²) in [5.41, 5.74) is 1.03. The van der Waals surface area contributed by atoms with Crippen molar-refractivity contribution in [1.82, 2.24) is 10.6 Å². The molecule has 6 heteroatoms. The highest BCUT2D eigenvalue weighted by Gasteiger charge is 2.21. The number of rotatable bonds is 8. The van der Waals surface area contributed by atoms with Crippen molar-refractivity contribution in [2.24, 2.45) is 0 Å². The van der Waals surface area contributed by atoms with E-state index in [0.717, 1.165) is 24.2 Å². The molecule has 3 amide bonds. The molecule has 0 unspecified atom stereocenters. The van der Waals surface area contributed by atoms with E-state index in [2.05, 4.69) is 10.6 Å². The van der Waals surface area contributed by atoms with E-state index in [1.165, 1.54) is 0 Å². The lowest BCUT2D eigenvalue weighted by Gasteiger charge is -2.13. The summed E-state index contributed by atoms with van der Waals surface area (Å²) in [6.07, 6.45) is 3.49. The number of furan rings is 1. The summed E-state index contributed by atoms with van der Waals surface area (Å²) in [5.74, 6) is 0.429. The lowest BCUT2D eigenvalue weighted by molar-refractivity contribution is -0.678. The maximum absolute atomic E-state index is 12.0. The first-order valence-corrected chi connectivity index (χ1v) is 8.20. The van der Waals surface area contributed by atoms with Crippen LogP contribution in [0.4, 0.5) is 4.79 Å². The molecule has 0 saturated carbocycles. The van der Waals surface area contributed by atoms with E-state index < -0.39 is 6.03 Å². The second kappa shape index (κ2) is 9.52. The first-order valence-electron chi connectivity index (χ1n) is 8.20. The fourth-order valence-corrected chi connectivity index (χ4v) is 2.37. The van der Waals surface area contributed by atoms with Gasteiger partial charge in [0.2, 0.25) is 0 Å². The van der Waals surface area contributed by atoms with Crippen LogP contribution in [0.15, 0.2) is 53.1 Å². The maximum atomic E-state index is 12.0. The zero-order chi connectivity index (χ0) is 17.2. The van der Waals surface area contributed by atoms with Crippen LogP contribution < -0.4 is 16.0 Å². The molecule has 6 nitrogen and oxygen atoms in total. The van der Waals surface area contributed by atoms with Crippen molar-refractivity contribution in [3.8, 4) is 0 Å². The second-order valence-corrected chi connectivity index (χ2v) is 5.50. The minimum atomic E-state index is -0.448. The van der Waals surface area contributed by atoms with E-state index in [1.54, 1.807) is 6.26 Å². The van der Waals surface area contributed by atoms with E-state index in [9.17, 15) is 9.59 Å². The van der Waals surface area contributed by atoms with Gasteiger partial charge in [0, 0.05) is 12.1 Å². The third-order valence-electron chi connectivity index (χ3n) is 3.62. The van der Waals surface area contributed by atoms with Gasteiger partial charge in [-0.05, 0) is 18.6 Å². The van der Waals surface area contributed by atoms with Crippen LogP contribution in [0.3, 0.4) is 0 Å². The van der Waals surface area contributed by atoms with Crippen LogP contribution in [0, 0.1) is 0 Å². The summed E-state index contributed by atoms with van der Waals surface area (Å²) in [4.78, 5) is 23.6. The largest absolute Gasteiger partial charge is 0.463 e. The molecule has 0 spiro atoms. The molecule has 1 atom stereocenters. The summed E-state index contributed by atoms with van der Waals surface area (Å²) < 4.78 is 5.49. The van der Waals surface area contributed by atoms with Gasteiger partial charge in [-0.15, -0.1) is 0 Å². The predicted octanol–water partition coefficient (Wildman–Crippen LogP) is 1.56. The number of hydrogen-bond acceptors (Lipinski definition) is 3. The van der Waals surface area contributed by atoms with Crippen LogP contribution in [0.2, 0.25) is 0 Å². The lowest BCUT2D eigenvalue weighted by atomic mass is 10.0. The van der Waals surface area contributed by atoms with Gasteiger partial charge in [0.15, 0.2) is 18.3 Å². The highest BCUT2D eigenvalue weighted by atomic mass is 16.3. The summed E-state index contributed by atoms with van der Waals surface area (Å²) in [5, 5.41) is 6.85. The van der Waals surface area contributed by atoms with E-state index in [4.69, 9.17) is 4.42 Å². The Bertz CT molecular complexity index is 626. The van der Waals surface area contributed by atoms with Gasteiger partial charge < -0.3 is 15.1 Å². The van der Waals surface area contributed by atoms with Crippen LogP contribution in [0.25, 0.3) is 0 Å². The van der Waals surface area contributed by atoms with E-state index >= 15 is 0 Å². The van der Waals surface area contributed by atoms with Crippen LogP contribution in [0.1, 0.15) is 37.1 Å². The Kier molecular flexibility index (Phi) is 7.04. The van der Waals surface area contributed by atoms with Crippen molar-refractivity contribution in [2.75, 3.05) is 13.1 Å². The minimum absolute atomic E-state index is 0.126. The number of carbonyl (C=O) groups excluding carboxylic acids is 2. The average Bonchev–Trinajstić information content (AvgIpc) is 3.10. The molecular weight excluding hydrogens is 306 g/mol. The van der Waals surface area contributed by atoms with Crippen molar-refractivity contribution in [3.05, 3.63) is 60.1 Å². The number of benzene rings is 1. The van der Waals surface area contributed by atoms with Gasteiger partial charge in [0.1, 0.15) is 0 Å². The van der Waals surface area contributed by atoms with Crippen molar-refractivity contribution in [3.63, 3.8) is 0 Å². The van der Waals surface area contributed by atoms with Gasteiger partial charge in [0.05, 0.1) is 6.26 Å². The number of urea groups is 1. The fourth-order valence-electron chi connectivity index (χ4n) is 2.37. The Balaban J connectivity index is 1.89. The van der Waals surface area contributed by atoms with Crippen LogP contribution >= 0.6 is 0 Å². The van der Waals surface area contributed by atoms with Crippen molar-refractivity contribution >= 4 is 11.9 Å². The number of nitrogens with two attached hydrogens (primary N) is 1. The summed E-state index contributed by atoms with van der Waals surface area (Å²) in [6, 6.07) is 12.9. The molecule has 2 rings (SSSR count). The summed E-state index contributed by atoms with van der Waals surface area (Å²) >= 11 is 0. The van der Waals surface area contributed by atoms with Gasteiger partial charge in [-0.3, -0.25) is 10.1 Å². The normalized spacial score (nSPS) is 11.7. The number of unbranched alkanes of at least 4 members (excludes halogenated alkanes) is 1. The molecule has 128 valence electrons. The summed E-state index contributed by atoms with van der Waals surface area (Å²) in [7, 11) is 0. The number of amides is 3. The van der Waals surface area contributed by atoms with E-state index in [0.29, 0.717) is 6.54 Å². The predicted molar refractivity (Wildman–Crippen MR) is 90.2 cm³/mol. The quantitative estimate of drug-likeness (QED) is 0.642. The Morgan fingerprint density at radius 3 is 2.62 bits per heavy atom. The summed E-state index contributed by atoms with van der Waals surface area (Å²) in [6.45, 7) is 2.73. The third kappa shape index (κ3) is 5.55. The van der Waals surface area contributed by atoms with Gasteiger partial charge in [-0.25, -0.2) is 4.79 Å². The Hall–Kier alpha value is -2.60. The van der Waals surface area contributed by atoms with E-state index in [1.807, 2.05) is 54.7 Å². The van der Waals surface area contributed by atoms with Crippen molar-refractivity contribution in [1.29, 1.82) is 0 Å². The molecule has 1 aromatic carbocycles. The third-order valence-corrected chi connectivity index (χ3v) is 3.62. The Morgan fingerprint density at radius 1 is 1.17 bits per heavy atom. The molecule has 0 saturated heterocycles. The van der Waals surface area contributed by atoms with Crippen molar-refractivity contribution < 1.29 is 19.3 Å². The smallest absolute Gasteiger partial charge is 0.321 e. The topological polar surface area (TPSA) is 88.0 Å². The average molecular weight is 330 g/mol. The number of quaternary nitrogens is 1. The molecule has 1 aromatic heterocycles. The molecular formula is C18H24N3O3+. The molecule has 24 heavy (non-hydrogen) atoms. The van der Waals surface area contributed by atoms with Crippen LogP contribution in [-0.2, 0) is 4.79 Å². The highest BCUT2D eigenvalue weighted by Crippen LogP contribution is 2.18. The maximum Gasteiger partial charge on any atom is 0.321 e. The number of carbonyl (C=O) groups is 2. The Labute approximate surface area is 141 Å². The first kappa shape index (κ1) is 17.7. The number of imide groups is 1. The first-order chi connectivity index (χ1) is 11.7. The number of hydrogen-bond donors (Lipinski definition) is 3. The fraction of sp³-hybridized carbons (Fsp3) is 0.333. The molecule has 2 aromatic rings. The van der Waals surface area contributed by atoms with Gasteiger partial charge >= 0.3 is 6.03 Å². The molecule has 0 bridgehead atoms. The van der Waals surface area contributed by atoms with Crippen LogP contribution in [0.5, 0.6) is 0 Å². The van der Waals surface area contributed by atoms with E-state index in [-0.39, 0.29) is 18.5 Å². The lowest BCUT2D eigenvalue weighted by Crippen LogP contribution is -2.87. The van der Waals surface area contributed by atoms with Gasteiger partial charge in [0.25, 0.3) is 5.91 Å². The zero-order valence-corrected chi connectivity index (χ0v) is 13.8. The monoisotopic (exact) mass is 330 g/mol. The molecule has 0 fully saturated rings. The van der Waals surface area contributed by atoms with Crippen LogP contribution in [-0.4, -0.2) is 25.0 Å². The minimum Gasteiger partial charge on any atom is -0.463 e. The molecule has 1 heterocycles. The standard InChI is InChI=1S/C18H23N3O3/c1-2-3-11-19-18(23)21-16(22)13-20-17(15-10-7-12-24-15)14-8-5-4-6-9-14/h4-10,12,17,20H,2-3,11,13H2,1H3,(H2,19,21,22,23)/p+1/t17-/m0/s1. The van der Waals surface area contributed by atoms with Gasteiger partial charge in [-0.2, -0.15) is 0 Å². The van der Waals surface area contributed by atoms with Gasteiger partial charge in [-0.1, -0.05) is 43.7 Å².